The molecule has 116 valence electrons. The molecular weight excluding hydrogens is 384 g/mol. The zero-order valence-electron chi connectivity index (χ0n) is 12.8. The van der Waals surface area contributed by atoms with Gasteiger partial charge in [0.25, 0.3) is 0 Å². The van der Waals surface area contributed by atoms with Crippen LogP contribution in [-0.2, 0) is 4.79 Å². The second-order valence-electron chi connectivity index (χ2n) is 5.46. The minimum atomic E-state index is -0.228. The number of carbonyl (C=O) groups is 1. The highest BCUT2D eigenvalue weighted by Crippen LogP contribution is 2.16. The maximum atomic E-state index is 12.0. The second kappa shape index (κ2) is 10.6. The van der Waals surface area contributed by atoms with Crippen LogP contribution in [0.2, 0.25) is 0 Å². The summed E-state index contributed by atoms with van der Waals surface area (Å²) >= 11 is 6.96. The molecule has 0 heterocycles. The number of allylic oxidation sites excluding steroid dienone is 2. The number of hydrogen-bond donors (Lipinski definition) is 2. The third kappa shape index (κ3) is 8.93. The molecule has 0 aliphatic carbocycles. The van der Waals surface area contributed by atoms with E-state index in [-0.39, 0.29) is 18.0 Å². The van der Waals surface area contributed by atoms with Crippen LogP contribution in [-0.4, -0.2) is 28.7 Å². The van der Waals surface area contributed by atoms with Gasteiger partial charge >= 0.3 is 0 Å². The summed E-state index contributed by atoms with van der Waals surface area (Å²) < 4.78 is 0. The SMILES string of the molecule is C=C(/C=C(/CBr)CC(C)CBr)NC(=O)[C@H](C)NC(C)C. The molecule has 0 aromatic rings. The Morgan fingerprint density at radius 2 is 1.85 bits per heavy atom. The van der Waals surface area contributed by atoms with Gasteiger partial charge in [0.05, 0.1) is 6.04 Å². The van der Waals surface area contributed by atoms with E-state index in [1.165, 1.54) is 5.57 Å². The number of amides is 1. The summed E-state index contributed by atoms with van der Waals surface area (Å²) in [6.45, 7) is 12.0. The van der Waals surface area contributed by atoms with Gasteiger partial charge in [-0.2, -0.15) is 0 Å². The maximum Gasteiger partial charge on any atom is 0.241 e. The molecule has 2 atom stereocenters. The largest absolute Gasteiger partial charge is 0.325 e. The van der Waals surface area contributed by atoms with Crippen LogP contribution in [0.4, 0.5) is 0 Å². The first-order valence-electron chi connectivity index (χ1n) is 6.87. The van der Waals surface area contributed by atoms with Crippen molar-refractivity contribution in [3.05, 3.63) is 23.9 Å². The van der Waals surface area contributed by atoms with Gasteiger partial charge in [0, 0.05) is 22.4 Å². The van der Waals surface area contributed by atoms with E-state index in [1.54, 1.807) is 0 Å². The van der Waals surface area contributed by atoms with Crippen molar-refractivity contribution in [2.24, 2.45) is 5.92 Å². The molecule has 0 bridgehead atoms. The van der Waals surface area contributed by atoms with E-state index < -0.39 is 0 Å². The minimum Gasteiger partial charge on any atom is -0.325 e. The molecule has 0 aliphatic rings. The fourth-order valence-electron chi connectivity index (χ4n) is 1.78. The summed E-state index contributed by atoms with van der Waals surface area (Å²) in [6, 6.07) is 0.0477. The van der Waals surface area contributed by atoms with E-state index in [2.05, 4.69) is 56.0 Å². The summed E-state index contributed by atoms with van der Waals surface area (Å²) in [6.07, 6.45) is 2.93. The van der Waals surface area contributed by atoms with Gasteiger partial charge in [0.2, 0.25) is 5.91 Å². The van der Waals surface area contributed by atoms with Crippen molar-refractivity contribution in [1.29, 1.82) is 0 Å². The highest BCUT2D eigenvalue weighted by Gasteiger charge is 2.13. The molecule has 0 aromatic heterocycles. The number of nitrogens with one attached hydrogen (secondary N) is 2. The number of rotatable bonds is 9. The zero-order valence-corrected chi connectivity index (χ0v) is 16.0. The summed E-state index contributed by atoms with van der Waals surface area (Å²) in [5.74, 6) is 0.506. The van der Waals surface area contributed by atoms with Gasteiger partial charge in [-0.25, -0.2) is 0 Å². The number of alkyl halides is 2. The number of carbonyl (C=O) groups excluding carboxylic acids is 1. The first-order chi connectivity index (χ1) is 9.29. The molecule has 20 heavy (non-hydrogen) atoms. The van der Waals surface area contributed by atoms with Crippen molar-refractivity contribution in [2.45, 2.75) is 46.2 Å². The molecule has 5 heteroatoms. The first kappa shape index (κ1) is 19.9. The van der Waals surface area contributed by atoms with Crippen molar-refractivity contribution in [2.75, 3.05) is 10.7 Å². The molecule has 0 aromatic carbocycles. The van der Waals surface area contributed by atoms with E-state index in [9.17, 15) is 4.79 Å². The van der Waals surface area contributed by atoms with Gasteiger partial charge in [0.15, 0.2) is 0 Å². The van der Waals surface area contributed by atoms with Crippen molar-refractivity contribution in [3.63, 3.8) is 0 Å². The molecule has 0 saturated heterocycles. The lowest BCUT2D eigenvalue weighted by atomic mass is 10.0. The van der Waals surface area contributed by atoms with Gasteiger partial charge < -0.3 is 10.6 Å². The van der Waals surface area contributed by atoms with Gasteiger partial charge in [-0.15, -0.1) is 0 Å². The fraction of sp³-hybridized carbons (Fsp3) is 0.667. The summed E-state index contributed by atoms with van der Waals surface area (Å²) in [7, 11) is 0. The van der Waals surface area contributed by atoms with Crippen LogP contribution in [0.5, 0.6) is 0 Å². The Labute approximate surface area is 139 Å². The van der Waals surface area contributed by atoms with Crippen LogP contribution in [0.1, 0.15) is 34.1 Å². The normalized spacial score (nSPS) is 15.1. The first-order valence-corrected chi connectivity index (χ1v) is 9.11. The van der Waals surface area contributed by atoms with Gasteiger partial charge in [0.1, 0.15) is 0 Å². The molecule has 0 fully saturated rings. The molecule has 0 rings (SSSR count). The second-order valence-corrected chi connectivity index (χ2v) is 6.67. The lowest BCUT2D eigenvalue weighted by Crippen LogP contribution is -2.44. The highest BCUT2D eigenvalue weighted by atomic mass is 79.9. The van der Waals surface area contributed by atoms with E-state index in [0.29, 0.717) is 11.6 Å². The van der Waals surface area contributed by atoms with Gasteiger partial charge in [-0.05, 0) is 25.3 Å². The quantitative estimate of drug-likeness (QED) is 0.449. The van der Waals surface area contributed by atoms with Crippen LogP contribution < -0.4 is 10.6 Å². The number of halogens is 2. The minimum absolute atomic E-state index is 0.0533. The highest BCUT2D eigenvalue weighted by molar-refractivity contribution is 9.09. The average Bonchev–Trinajstić information content (AvgIpc) is 2.36. The van der Waals surface area contributed by atoms with Gasteiger partial charge in [-0.1, -0.05) is 64.8 Å². The molecule has 3 nitrogen and oxygen atoms in total. The van der Waals surface area contributed by atoms with E-state index in [0.717, 1.165) is 17.1 Å². The molecule has 0 radical (unpaired) electrons. The zero-order chi connectivity index (χ0) is 15.7. The fourth-order valence-corrected chi connectivity index (χ4v) is 2.40. The Balaban J connectivity index is 4.47. The van der Waals surface area contributed by atoms with E-state index >= 15 is 0 Å². The smallest absolute Gasteiger partial charge is 0.241 e. The van der Waals surface area contributed by atoms with Crippen LogP contribution >= 0.6 is 31.9 Å². The molecule has 0 aliphatic heterocycles. The Morgan fingerprint density at radius 1 is 1.25 bits per heavy atom. The Hall–Kier alpha value is -0.130. The monoisotopic (exact) mass is 408 g/mol. The lowest BCUT2D eigenvalue weighted by Gasteiger charge is -2.17. The Bertz CT molecular complexity index is 354. The molecule has 1 unspecified atom stereocenters. The number of hydrogen-bond acceptors (Lipinski definition) is 2. The van der Waals surface area contributed by atoms with Crippen LogP contribution in [0.3, 0.4) is 0 Å². The Kier molecular flexibility index (Phi) is 10.5. The molecule has 0 saturated carbocycles. The van der Waals surface area contributed by atoms with Crippen molar-refractivity contribution in [3.8, 4) is 0 Å². The molecule has 1 amide bonds. The van der Waals surface area contributed by atoms with Crippen LogP contribution in [0, 0.1) is 5.92 Å². The van der Waals surface area contributed by atoms with E-state index in [1.807, 2.05) is 26.8 Å². The van der Waals surface area contributed by atoms with Crippen molar-refractivity contribution < 1.29 is 4.79 Å². The lowest BCUT2D eigenvalue weighted by molar-refractivity contribution is -0.122. The average molecular weight is 410 g/mol. The third-order valence-electron chi connectivity index (χ3n) is 2.68. The van der Waals surface area contributed by atoms with Gasteiger partial charge in [-0.3, -0.25) is 4.79 Å². The maximum absolute atomic E-state index is 12.0. The van der Waals surface area contributed by atoms with Crippen LogP contribution in [0.15, 0.2) is 23.9 Å². The summed E-state index contributed by atoms with van der Waals surface area (Å²) in [4.78, 5) is 12.0. The van der Waals surface area contributed by atoms with Crippen molar-refractivity contribution >= 4 is 37.8 Å². The molecule has 2 N–H and O–H groups in total. The molecule has 0 spiro atoms. The summed E-state index contributed by atoms with van der Waals surface area (Å²) in [5, 5.41) is 7.76. The predicted molar refractivity (Wildman–Crippen MR) is 94.5 cm³/mol. The Morgan fingerprint density at radius 3 is 2.30 bits per heavy atom. The van der Waals surface area contributed by atoms with Crippen molar-refractivity contribution in [1.82, 2.24) is 10.6 Å². The van der Waals surface area contributed by atoms with E-state index in [4.69, 9.17) is 0 Å². The standard InChI is InChI=1S/C15H26Br2N2O/c1-10(2)18-13(5)15(20)19-12(4)7-14(9-17)6-11(3)8-16/h7,10-11,13,18H,4,6,8-9H2,1-3,5H3,(H,19,20)/b14-7+/t11?,13-/m0/s1. The molecular formula is C15H26Br2N2O. The summed E-state index contributed by atoms with van der Waals surface area (Å²) in [5.41, 5.74) is 1.87. The predicted octanol–water partition coefficient (Wildman–Crippen LogP) is 3.75. The topological polar surface area (TPSA) is 41.1 Å². The van der Waals surface area contributed by atoms with Crippen LogP contribution in [0.25, 0.3) is 0 Å². The third-order valence-corrected chi connectivity index (χ3v) is 4.51.